The quantitative estimate of drug-likeness (QED) is 0.602. The van der Waals surface area contributed by atoms with E-state index in [0.717, 1.165) is 10.0 Å². The molecule has 0 saturated heterocycles. The lowest BCUT2D eigenvalue weighted by Gasteiger charge is -2.16. The predicted molar refractivity (Wildman–Crippen MR) is 110 cm³/mol. The number of carbonyl (C=O) groups excluding carboxylic acids is 1. The van der Waals surface area contributed by atoms with Crippen LogP contribution in [0.3, 0.4) is 0 Å². The normalized spacial score (nSPS) is 11.6. The first-order valence-corrected chi connectivity index (χ1v) is 10.7. The highest BCUT2D eigenvalue weighted by molar-refractivity contribution is 9.10. The van der Waals surface area contributed by atoms with Gasteiger partial charge in [-0.25, -0.2) is 8.42 Å². The summed E-state index contributed by atoms with van der Waals surface area (Å²) in [5, 5.41) is 2.50. The zero-order chi connectivity index (χ0) is 20.3. The fraction of sp³-hybridized carbons (Fsp3) is 0.150. The second kappa shape index (κ2) is 8.30. The molecule has 3 rings (SSSR count). The highest BCUT2D eigenvalue weighted by atomic mass is 79.9. The standard InChI is InChI=1S/C20H19BrN2O4S/c1-22-20(24)15-5-10-18(11-6-15)28(25,26)23(2)13-17-9-12-19(27-17)14-3-7-16(21)8-4-14/h3-12H,13H2,1-2H3,(H,22,24). The van der Waals surface area contributed by atoms with Crippen LogP contribution in [0.5, 0.6) is 0 Å². The number of sulfonamides is 1. The van der Waals surface area contributed by atoms with Crippen LogP contribution in [0.4, 0.5) is 0 Å². The number of hydrogen-bond acceptors (Lipinski definition) is 4. The van der Waals surface area contributed by atoms with Crippen LogP contribution in [0.2, 0.25) is 0 Å². The minimum atomic E-state index is -3.71. The van der Waals surface area contributed by atoms with Crippen LogP contribution in [0, 0.1) is 0 Å². The van der Waals surface area contributed by atoms with Crippen LogP contribution in [0.1, 0.15) is 16.1 Å². The number of nitrogens with one attached hydrogen (secondary N) is 1. The van der Waals surface area contributed by atoms with Crippen molar-refractivity contribution in [2.24, 2.45) is 0 Å². The summed E-state index contributed by atoms with van der Waals surface area (Å²) in [6.45, 7) is 0.0933. The lowest BCUT2D eigenvalue weighted by Crippen LogP contribution is -2.26. The van der Waals surface area contributed by atoms with Crippen molar-refractivity contribution >= 4 is 31.9 Å². The Morgan fingerprint density at radius 1 is 1.04 bits per heavy atom. The molecule has 1 amide bonds. The molecule has 6 nitrogen and oxygen atoms in total. The molecule has 146 valence electrons. The molecule has 1 heterocycles. The summed E-state index contributed by atoms with van der Waals surface area (Å²) in [7, 11) is -0.702. The monoisotopic (exact) mass is 462 g/mol. The Bertz CT molecular complexity index is 1070. The van der Waals surface area contributed by atoms with Gasteiger partial charge in [-0.05, 0) is 48.5 Å². The molecule has 0 aliphatic heterocycles. The Morgan fingerprint density at radius 2 is 1.68 bits per heavy atom. The Balaban J connectivity index is 1.75. The van der Waals surface area contributed by atoms with E-state index in [9.17, 15) is 13.2 Å². The fourth-order valence-electron chi connectivity index (χ4n) is 2.64. The highest BCUT2D eigenvalue weighted by Crippen LogP contribution is 2.25. The summed E-state index contributed by atoms with van der Waals surface area (Å²) in [6.07, 6.45) is 0. The molecule has 0 aliphatic rings. The van der Waals surface area contributed by atoms with Gasteiger partial charge < -0.3 is 9.73 Å². The van der Waals surface area contributed by atoms with Gasteiger partial charge in [0.1, 0.15) is 11.5 Å². The topological polar surface area (TPSA) is 79.6 Å². The van der Waals surface area contributed by atoms with Gasteiger partial charge in [-0.15, -0.1) is 0 Å². The molecule has 1 aromatic heterocycles. The molecule has 0 bridgehead atoms. The lowest BCUT2D eigenvalue weighted by molar-refractivity contribution is 0.0963. The van der Waals surface area contributed by atoms with Crippen molar-refractivity contribution in [2.45, 2.75) is 11.4 Å². The number of benzene rings is 2. The predicted octanol–water partition coefficient (Wildman–Crippen LogP) is 3.89. The summed E-state index contributed by atoms with van der Waals surface area (Å²) < 4.78 is 33.5. The van der Waals surface area contributed by atoms with Crippen molar-refractivity contribution in [3.05, 3.63) is 76.5 Å². The van der Waals surface area contributed by atoms with E-state index < -0.39 is 10.0 Å². The molecule has 0 fully saturated rings. The van der Waals surface area contributed by atoms with Gasteiger partial charge in [0.25, 0.3) is 5.91 Å². The molecule has 0 radical (unpaired) electrons. The van der Waals surface area contributed by atoms with Crippen LogP contribution in [-0.4, -0.2) is 32.7 Å². The van der Waals surface area contributed by atoms with Crippen molar-refractivity contribution in [2.75, 3.05) is 14.1 Å². The molecule has 2 aromatic carbocycles. The smallest absolute Gasteiger partial charge is 0.251 e. The van der Waals surface area contributed by atoms with E-state index in [-0.39, 0.29) is 17.3 Å². The zero-order valence-electron chi connectivity index (χ0n) is 15.3. The summed E-state index contributed by atoms with van der Waals surface area (Å²) in [4.78, 5) is 11.7. The Kier molecular flexibility index (Phi) is 6.02. The van der Waals surface area contributed by atoms with Gasteiger partial charge in [-0.3, -0.25) is 4.79 Å². The SMILES string of the molecule is CNC(=O)c1ccc(S(=O)(=O)N(C)Cc2ccc(-c3ccc(Br)cc3)o2)cc1. The second-order valence-electron chi connectivity index (χ2n) is 6.14. The maximum atomic E-state index is 12.8. The average molecular weight is 463 g/mol. The summed E-state index contributed by atoms with van der Waals surface area (Å²) in [5.74, 6) is 0.933. The van der Waals surface area contributed by atoms with E-state index in [1.807, 2.05) is 30.3 Å². The maximum Gasteiger partial charge on any atom is 0.251 e. The van der Waals surface area contributed by atoms with Crippen molar-refractivity contribution in [1.29, 1.82) is 0 Å². The Labute approximate surface area is 172 Å². The Morgan fingerprint density at radius 3 is 2.29 bits per heavy atom. The molecular formula is C20H19BrN2O4S. The van der Waals surface area contributed by atoms with Crippen LogP contribution < -0.4 is 5.32 Å². The van der Waals surface area contributed by atoms with Crippen molar-refractivity contribution in [1.82, 2.24) is 9.62 Å². The van der Waals surface area contributed by atoms with E-state index in [1.165, 1.54) is 42.7 Å². The summed E-state index contributed by atoms with van der Waals surface area (Å²) in [6, 6.07) is 17.1. The van der Waals surface area contributed by atoms with Gasteiger partial charge >= 0.3 is 0 Å². The van der Waals surface area contributed by atoms with Gasteiger partial charge in [0, 0.05) is 29.7 Å². The van der Waals surface area contributed by atoms with Crippen molar-refractivity contribution in [3.8, 4) is 11.3 Å². The third-order valence-corrected chi connectivity index (χ3v) is 6.57. The van der Waals surface area contributed by atoms with E-state index in [0.29, 0.717) is 17.1 Å². The average Bonchev–Trinajstić information content (AvgIpc) is 3.16. The van der Waals surface area contributed by atoms with Crippen LogP contribution >= 0.6 is 15.9 Å². The third-order valence-electron chi connectivity index (χ3n) is 4.22. The summed E-state index contributed by atoms with van der Waals surface area (Å²) >= 11 is 3.39. The first-order chi connectivity index (χ1) is 13.3. The molecule has 28 heavy (non-hydrogen) atoms. The van der Waals surface area contributed by atoms with E-state index in [4.69, 9.17) is 4.42 Å². The molecule has 0 unspecified atom stereocenters. The number of rotatable bonds is 6. The van der Waals surface area contributed by atoms with E-state index in [2.05, 4.69) is 21.2 Å². The number of halogens is 1. The van der Waals surface area contributed by atoms with Crippen LogP contribution in [0.15, 0.2) is 74.4 Å². The molecule has 1 N–H and O–H groups in total. The van der Waals surface area contributed by atoms with E-state index in [1.54, 1.807) is 6.07 Å². The summed E-state index contributed by atoms with van der Waals surface area (Å²) in [5.41, 5.74) is 1.30. The number of hydrogen-bond donors (Lipinski definition) is 1. The van der Waals surface area contributed by atoms with Gasteiger partial charge in [0.2, 0.25) is 10.0 Å². The maximum absolute atomic E-state index is 12.8. The molecular weight excluding hydrogens is 444 g/mol. The fourth-order valence-corrected chi connectivity index (χ4v) is 4.04. The number of carbonyl (C=O) groups is 1. The minimum Gasteiger partial charge on any atom is -0.460 e. The molecule has 0 spiro atoms. The minimum absolute atomic E-state index is 0.0933. The van der Waals surface area contributed by atoms with Gasteiger partial charge in [0.15, 0.2) is 0 Å². The molecule has 8 heteroatoms. The number of nitrogens with zero attached hydrogens (tertiary/aromatic N) is 1. The van der Waals surface area contributed by atoms with Crippen molar-refractivity contribution in [3.63, 3.8) is 0 Å². The highest BCUT2D eigenvalue weighted by Gasteiger charge is 2.22. The number of furan rings is 1. The third kappa shape index (κ3) is 4.35. The van der Waals surface area contributed by atoms with Crippen LogP contribution in [-0.2, 0) is 16.6 Å². The van der Waals surface area contributed by atoms with Crippen LogP contribution in [0.25, 0.3) is 11.3 Å². The second-order valence-corrected chi connectivity index (χ2v) is 9.10. The van der Waals surface area contributed by atoms with Gasteiger partial charge in [-0.2, -0.15) is 4.31 Å². The first-order valence-electron chi connectivity index (χ1n) is 8.44. The molecule has 0 saturated carbocycles. The molecule has 0 aliphatic carbocycles. The Hall–Kier alpha value is -2.42. The molecule has 3 aromatic rings. The molecule has 0 atom stereocenters. The van der Waals surface area contributed by atoms with E-state index >= 15 is 0 Å². The lowest BCUT2D eigenvalue weighted by atomic mass is 10.2. The zero-order valence-corrected chi connectivity index (χ0v) is 17.7. The van der Waals surface area contributed by atoms with Gasteiger partial charge in [0.05, 0.1) is 11.4 Å². The largest absolute Gasteiger partial charge is 0.460 e. The van der Waals surface area contributed by atoms with Crippen molar-refractivity contribution < 1.29 is 17.6 Å². The van der Waals surface area contributed by atoms with Gasteiger partial charge in [-0.1, -0.05) is 28.1 Å². The first kappa shape index (κ1) is 20.3. The number of amides is 1.